The molecule has 2 aromatic rings. The van der Waals surface area contributed by atoms with Crippen LogP contribution >= 0.6 is 27.3 Å². The van der Waals surface area contributed by atoms with E-state index < -0.39 is 0 Å². The molecule has 0 bridgehead atoms. The number of hydrogen-bond donors (Lipinski definition) is 0. The molecule has 0 aliphatic heterocycles. The lowest BCUT2D eigenvalue weighted by Gasteiger charge is -2.02. The van der Waals surface area contributed by atoms with Gasteiger partial charge in [0.05, 0.1) is 15.7 Å². The molecule has 0 saturated heterocycles. The van der Waals surface area contributed by atoms with Crippen molar-refractivity contribution < 1.29 is 4.79 Å². The highest BCUT2D eigenvalue weighted by molar-refractivity contribution is 9.10. The fraction of sp³-hybridized carbons (Fsp3) is 0.300. The van der Waals surface area contributed by atoms with Crippen molar-refractivity contribution in [1.29, 1.82) is 0 Å². The highest BCUT2D eigenvalue weighted by Gasteiger charge is 2.20. The van der Waals surface area contributed by atoms with Crippen LogP contribution in [0.15, 0.2) is 16.0 Å². The average molecular weight is 300 g/mol. The molecule has 0 aliphatic rings. The number of halogens is 1. The molecule has 16 heavy (non-hydrogen) atoms. The summed E-state index contributed by atoms with van der Waals surface area (Å²) in [6.07, 6.45) is 1.63. The molecule has 0 atom stereocenters. The normalized spacial score (nSPS) is 10.7. The molecule has 0 spiro atoms. The Morgan fingerprint density at radius 1 is 1.62 bits per heavy atom. The average Bonchev–Trinajstić information content (AvgIpc) is 2.83. The van der Waals surface area contributed by atoms with Gasteiger partial charge in [0.1, 0.15) is 11.4 Å². The second kappa shape index (κ2) is 4.47. The highest BCUT2D eigenvalue weighted by atomic mass is 79.9. The van der Waals surface area contributed by atoms with Crippen LogP contribution in [0, 0.1) is 6.92 Å². The number of ketones is 1. The quantitative estimate of drug-likeness (QED) is 0.819. The van der Waals surface area contributed by atoms with Gasteiger partial charge in [-0.1, -0.05) is 0 Å². The van der Waals surface area contributed by atoms with Crippen LogP contribution in [0.1, 0.15) is 28.1 Å². The van der Waals surface area contributed by atoms with Crippen molar-refractivity contribution in [3.05, 3.63) is 32.4 Å². The van der Waals surface area contributed by atoms with E-state index in [2.05, 4.69) is 26.0 Å². The predicted molar refractivity (Wildman–Crippen MR) is 65.9 cm³/mol. The summed E-state index contributed by atoms with van der Waals surface area (Å²) < 4.78 is 2.38. The second-order valence-corrected chi connectivity index (χ2v) is 5.15. The van der Waals surface area contributed by atoms with Crippen LogP contribution in [-0.4, -0.2) is 20.5 Å². The lowest BCUT2D eigenvalue weighted by atomic mass is 10.2. The van der Waals surface area contributed by atoms with E-state index in [0.717, 1.165) is 5.01 Å². The van der Waals surface area contributed by atoms with Gasteiger partial charge < -0.3 is 0 Å². The Morgan fingerprint density at radius 2 is 2.38 bits per heavy atom. The summed E-state index contributed by atoms with van der Waals surface area (Å²) in [5.41, 5.74) is 1.05. The number of aromatic nitrogens is 3. The Kier molecular flexibility index (Phi) is 3.20. The molecule has 84 valence electrons. The first-order valence-electron chi connectivity index (χ1n) is 4.81. The Balaban J connectivity index is 2.44. The molecule has 2 heterocycles. The minimum Gasteiger partial charge on any atom is -0.285 e. The summed E-state index contributed by atoms with van der Waals surface area (Å²) in [5, 5.41) is 6.78. The minimum atomic E-state index is -0.0874. The van der Waals surface area contributed by atoms with Crippen LogP contribution in [0.5, 0.6) is 0 Å². The Bertz CT molecular complexity index is 532. The minimum absolute atomic E-state index is 0.0874. The lowest BCUT2D eigenvalue weighted by molar-refractivity contribution is 0.102. The van der Waals surface area contributed by atoms with Crippen LogP contribution in [0.2, 0.25) is 0 Å². The number of nitrogens with zero attached hydrogens (tertiary/aromatic N) is 3. The van der Waals surface area contributed by atoms with Gasteiger partial charge in [0.25, 0.3) is 0 Å². The maximum absolute atomic E-state index is 12.2. The van der Waals surface area contributed by atoms with Crippen molar-refractivity contribution in [2.45, 2.75) is 20.4 Å². The molecule has 2 rings (SSSR count). The standard InChI is InChI=1S/C10H10BrN3OS/c1-3-14-9(7(11)4-12-14)10(15)8-5-16-6(2)13-8/h4-5H,3H2,1-2H3. The molecule has 0 radical (unpaired) electrons. The number of carbonyl (C=O) groups excluding carboxylic acids is 1. The van der Waals surface area contributed by atoms with Crippen LogP contribution in [0.3, 0.4) is 0 Å². The Hall–Kier alpha value is -1.01. The van der Waals surface area contributed by atoms with Crippen LogP contribution in [0.4, 0.5) is 0 Å². The van der Waals surface area contributed by atoms with Gasteiger partial charge in [-0.05, 0) is 29.8 Å². The summed E-state index contributed by atoms with van der Waals surface area (Å²) in [6.45, 7) is 4.49. The number of hydrogen-bond acceptors (Lipinski definition) is 4. The van der Waals surface area contributed by atoms with Crippen LogP contribution < -0.4 is 0 Å². The summed E-state index contributed by atoms with van der Waals surface area (Å²) >= 11 is 4.81. The van der Waals surface area contributed by atoms with Crippen molar-refractivity contribution in [1.82, 2.24) is 14.8 Å². The zero-order valence-corrected chi connectivity index (χ0v) is 11.3. The van der Waals surface area contributed by atoms with Gasteiger partial charge in [0, 0.05) is 11.9 Å². The number of rotatable bonds is 3. The Labute approximate surface area is 105 Å². The smallest absolute Gasteiger partial charge is 0.231 e. The van der Waals surface area contributed by atoms with Gasteiger partial charge in [-0.25, -0.2) is 4.98 Å². The fourth-order valence-corrected chi connectivity index (χ4v) is 2.49. The number of carbonyl (C=O) groups is 1. The second-order valence-electron chi connectivity index (χ2n) is 3.24. The van der Waals surface area contributed by atoms with E-state index in [4.69, 9.17) is 0 Å². The first-order chi connectivity index (χ1) is 7.63. The van der Waals surface area contributed by atoms with E-state index in [9.17, 15) is 4.79 Å². The third kappa shape index (κ3) is 1.94. The molecule has 2 aromatic heterocycles. The zero-order chi connectivity index (χ0) is 11.7. The molecule has 6 heteroatoms. The number of aryl methyl sites for hydroxylation is 2. The molecule has 0 aromatic carbocycles. The van der Waals surface area contributed by atoms with E-state index in [0.29, 0.717) is 22.4 Å². The SMILES string of the molecule is CCn1ncc(Br)c1C(=O)c1csc(C)n1. The summed E-state index contributed by atoms with van der Waals surface area (Å²) in [5.74, 6) is -0.0874. The van der Waals surface area contributed by atoms with Crippen LogP contribution in [0.25, 0.3) is 0 Å². The van der Waals surface area contributed by atoms with Crippen molar-refractivity contribution in [3.8, 4) is 0 Å². The lowest BCUT2D eigenvalue weighted by Crippen LogP contribution is -2.11. The van der Waals surface area contributed by atoms with E-state index in [1.54, 1.807) is 16.3 Å². The van der Waals surface area contributed by atoms with Crippen molar-refractivity contribution in [2.24, 2.45) is 0 Å². The molecule has 4 nitrogen and oxygen atoms in total. The van der Waals surface area contributed by atoms with Gasteiger partial charge in [-0.15, -0.1) is 11.3 Å². The molecule has 0 fully saturated rings. The topological polar surface area (TPSA) is 47.8 Å². The van der Waals surface area contributed by atoms with E-state index in [1.165, 1.54) is 11.3 Å². The maximum atomic E-state index is 12.2. The maximum Gasteiger partial charge on any atom is 0.231 e. The molecule has 0 N–H and O–H groups in total. The molecule has 0 saturated carbocycles. The number of thiazole rings is 1. The first kappa shape index (κ1) is 11.5. The fourth-order valence-electron chi connectivity index (χ4n) is 1.42. The van der Waals surface area contributed by atoms with Gasteiger partial charge >= 0.3 is 0 Å². The molecular weight excluding hydrogens is 290 g/mol. The van der Waals surface area contributed by atoms with Gasteiger partial charge in [-0.3, -0.25) is 9.48 Å². The zero-order valence-electron chi connectivity index (χ0n) is 8.90. The predicted octanol–water partition coefficient (Wildman–Crippen LogP) is 2.66. The van der Waals surface area contributed by atoms with Gasteiger partial charge in [-0.2, -0.15) is 5.10 Å². The third-order valence-corrected chi connectivity index (χ3v) is 3.51. The van der Waals surface area contributed by atoms with Crippen molar-refractivity contribution in [3.63, 3.8) is 0 Å². The molecule has 0 aliphatic carbocycles. The largest absolute Gasteiger partial charge is 0.285 e. The van der Waals surface area contributed by atoms with E-state index in [1.807, 2.05) is 13.8 Å². The Morgan fingerprint density at radius 3 is 2.94 bits per heavy atom. The first-order valence-corrected chi connectivity index (χ1v) is 6.49. The van der Waals surface area contributed by atoms with E-state index >= 15 is 0 Å². The van der Waals surface area contributed by atoms with Crippen molar-refractivity contribution >= 4 is 33.0 Å². The van der Waals surface area contributed by atoms with Gasteiger partial charge in [0.2, 0.25) is 5.78 Å². The summed E-state index contributed by atoms with van der Waals surface area (Å²) in [6, 6.07) is 0. The van der Waals surface area contributed by atoms with Crippen molar-refractivity contribution in [2.75, 3.05) is 0 Å². The van der Waals surface area contributed by atoms with Gasteiger partial charge in [0.15, 0.2) is 0 Å². The molecular formula is C10H10BrN3OS. The molecule has 0 unspecified atom stereocenters. The van der Waals surface area contributed by atoms with E-state index in [-0.39, 0.29) is 5.78 Å². The highest BCUT2D eigenvalue weighted by Crippen LogP contribution is 2.20. The molecule has 0 amide bonds. The van der Waals surface area contributed by atoms with Crippen LogP contribution in [-0.2, 0) is 6.54 Å². The summed E-state index contributed by atoms with van der Waals surface area (Å²) in [4.78, 5) is 16.4. The monoisotopic (exact) mass is 299 g/mol. The summed E-state index contributed by atoms with van der Waals surface area (Å²) in [7, 11) is 0. The third-order valence-electron chi connectivity index (χ3n) is 2.16.